The van der Waals surface area contributed by atoms with Crippen molar-refractivity contribution in [2.45, 2.75) is 58.3 Å². The second-order valence-electron chi connectivity index (χ2n) is 5.17. The highest BCUT2D eigenvalue weighted by molar-refractivity contribution is 6.06. The van der Waals surface area contributed by atoms with Crippen molar-refractivity contribution in [3.8, 4) is 0 Å². The van der Waals surface area contributed by atoms with Crippen molar-refractivity contribution in [1.29, 1.82) is 0 Å². The molecule has 3 nitrogen and oxygen atoms in total. The van der Waals surface area contributed by atoms with Crippen LogP contribution in [0.15, 0.2) is 24.3 Å². The average molecular weight is 276 g/mol. The quantitative estimate of drug-likeness (QED) is 0.395. The molecule has 0 aliphatic carbocycles. The Labute approximate surface area is 121 Å². The van der Waals surface area contributed by atoms with Crippen LogP contribution in [-0.2, 0) is 11.2 Å². The van der Waals surface area contributed by atoms with E-state index in [1.807, 2.05) is 12.1 Å². The molecule has 0 radical (unpaired) electrons. The third-order valence-electron chi connectivity index (χ3n) is 3.43. The van der Waals surface area contributed by atoms with Crippen molar-refractivity contribution >= 4 is 11.8 Å². The van der Waals surface area contributed by atoms with E-state index in [0.29, 0.717) is 5.56 Å². The summed E-state index contributed by atoms with van der Waals surface area (Å²) in [4.78, 5) is 22.5. The molecule has 1 rings (SSSR count). The zero-order valence-corrected chi connectivity index (χ0v) is 12.2. The molecule has 1 N–H and O–H groups in total. The number of ketones is 1. The van der Waals surface area contributed by atoms with Crippen molar-refractivity contribution in [2.24, 2.45) is 0 Å². The van der Waals surface area contributed by atoms with Crippen LogP contribution in [0, 0.1) is 0 Å². The molecule has 0 atom stereocenters. The lowest BCUT2D eigenvalue weighted by Crippen LogP contribution is -2.09. The minimum Gasteiger partial charge on any atom is -0.481 e. The number of carbonyl (C=O) groups excluding carboxylic acids is 1. The maximum atomic E-state index is 11.9. The summed E-state index contributed by atoms with van der Waals surface area (Å²) in [5, 5.41) is 8.71. The Hall–Kier alpha value is -1.64. The molecule has 0 aromatic heterocycles. The fourth-order valence-electron chi connectivity index (χ4n) is 2.34. The highest BCUT2D eigenvalue weighted by Crippen LogP contribution is 2.15. The SMILES string of the molecule is CCCCCCCCc1ccccc1C(=O)CC(=O)O. The normalized spacial score (nSPS) is 10.4. The number of unbranched alkanes of at least 4 members (excludes halogenated alkanes) is 5. The van der Waals surface area contributed by atoms with E-state index >= 15 is 0 Å². The van der Waals surface area contributed by atoms with Crippen molar-refractivity contribution in [1.82, 2.24) is 0 Å². The van der Waals surface area contributed by atoms with Crippen LogP contribution >= 0.6 is 0 Å². The number of aliphatic carboxylic acids is 1. The summed E-state index contributed by atoms with van der Waals surface area (Å²) in [7, 11) is 0. The standard InChI is InChI=1S/C17H24O3/c1-2-3-4-5-6-7-10-14-11-8-9-12-15(14)16(18)13-17(19)20/h8-9,11-12H,2-7,10,13H2,1H3,(H,19,20). The molecule has 1 aromatic rings. The Balaban J connectivity index is 2.49. The van der Waals surface area contributed by atoms with Gasteiger partial charge in [0.25, 0.3) is 0 Å². The Kier molecular flexibility index (Phi) is 7.63. The lowest BCUT2D eigenvalue weighted by atomic mass is 9.97. The summed E-state index contributed by atoms with van der Waals surface area (Å²) in [6.07, 6.45) is 7.69. The number of Topliss-reactive ketones (excluding diaryl/α,β-unsaturated/α-hetero) is 1. The number of benzene rings is 1. The third-order valence-corrected chi connectivity index (χ3v) is 3.43. The molecule has 0 spiro atoms. The van der Waals surface area contributed by atoms with Crippen LogP contribution in [0.5, 0.6) is 0 Å². The molecular formula is C17H24O3. The van der Waals surface area contributed by atoms with Crippen LogP contribution in [0.25, 0.3) is 0 Å². The van der Waals surface area contributed by atoms with E-state index in [-0.39, 0.29) is 5.78 Å². The molecule has 20 heavy (non-hydrogen) atoms. The van der Waals surface area contributed by atoms with Gasteiger partial charge in [-0.2, -0.15) is 0 Å². The summed E-state index contributed by atoms with van der Waals surface area (Å²) < 4.78 is 0. The first-order valence-electron chi connectivity index (χ1n) is 7.48. The van der Waals surface area contributed by atoms with Crippen molar-refractivity contribution in [3.63, 3.8) is 0 Å². The van der Waals surface area contributed by atoms with E-state index in [4.69, 9.17) is 5.11 Å². The number of carboxylic acid groups (broad SMARTS) is 1. The van der Waals surface area contributed by atoms with Crippen molar-refractivity contribution in [2.75, 3.05) is 0 Å². The first-order chi connectivity index (χ1) is 9.65. The highest BCUT2D eigenvalue weighted by Gasteiger charge is 2.13. The zero-order valence-electron chi connectivity index (χ0n) is 12.2. The minimum atomic E-state index is -1.07. The Morgan fingerprint density at radius 3 is 2.35 bits per heavy atom. The second kappa shape index (κ2) is 9.29. The van der Waals surface area contributed by atoms with Crippen LogP contribution in [0.3, 0.4) is 0 Å². The number of hydrogen-bond donors (Lipinski definition) is 1. The van der Waals surface area contributed by atoms with Crippen LogP contribution in [0.4, 0.5) is 0 Å². The summed E-state index contributed by atoms with van der Waals surface area (Å²) >= 11 is 0. The molecular weight excluding hydrogens is 252 g/mol. The fraction of sp³-hybridized carbons (Fsp3) is 0.529. The Morgan fingerprint density at radius 2 is 1.65 bits per heavy atom. The zero-order chi connectivity index (χ0) is 14.8. The first kappa shape index (κ1) is 16.4. The van der Waals surface area contributed by atoms with E-state index in [9.17, 15) is 9.59 Å². The van der Waals surface area contributed by atoms with Gasteiger partial charge in [-0.1, -0.05) is 63.3 Å². The molecule has 0 heterocycles. The number of carboxylic acids is 1. The van der Waals surface area contributed by atoms with E-state index in [1.54, 1.807) is 12.1 Å². The fourth-order valence-corrected chi connectivity index (χ4v) is 2.34. The lowest BCUT2D eigenvalue weighted by Gasteiger charge is -2.07. The Morgan fingerprint density at radius 1 is 1.00 bits per heavy atom. The van der Waals surface area contributed by atoms with Gasteiger partial charge in [0.1, 0.15) is 6.42 Å². The summed E-state index contributed by atoms with van der Waals surface area (Å²) in [5.41, 5.74) is 1.55. The second-order valence-corrected chi connectivity index (χ2v) is 5.17. The van der Waals surface area contributed by atoms with Crippen LogP contribution < -0.4 is 0 Å². The number of hydrogen-bond acceptors (Lipinski definition) is 2. The van der Waals surface area contributed by atoms with Gasteiger partial charge in [-0.05, 0) is 18.4 Å². The van der Waals surface area contributed by atoms with Gasteiger partial charge in [0, 0.05) is 5.56 Å². The third kappa shape index (κ3) is 6.00. The molecule has 110 valence electrons. The molecule has 0 fully saturated rings. The summed E-state index contributed by atoms with van der Waals surface area (Å²) in [5.74, 6) is -1.36. The average Bonchev–Trinajstić information content (AvgIpc) is 2.42. The predicted molar refractivity (Wildman–Crippen MR) is 80.1 cm³/mol. The number of rotatable bonds is 10. The van der Waals surface area contributed by atoms with Gasteiger partial charge >= 0.3 is 5.97 Å². The maximum Gasteiger partial charge on any atom is 0.311 e. The van der Waals surface area contributed by atoms with Gasteiger partial charge in [-0.3, -0.25) is 9.59 Å². The molecule has 1 aromatic carbocycles. The van der Waals surface area contributed by atoms with Gasteiger partial charge in [0.05, 0.1) is 0 Å². The predicted octanol–water partition coefficient (Wildman–Crippen LogP) is 4.25. The van der Waals surface area contributed by atoms with E-state index < -0.39 is 12.4 Å². The van der Waals surface area contributed by atoms with Crippen molar-refractivity contribution in [3.05, 3.63) is 35.4 Å². The molecule has 0 bridgehead atoms. The monoisotopic (exact) mass is 276 g/mol. The lowest BCUT2D eigenvalue weighted by molar-refractivity contribution is -0.135. The molecule has 0 saturated carbocycles. The van der Waals surface area contributed by atoms with Gasteiger partial charge in [0.15, 0.2) is 5.78 Å². The number of carbonyl (C=O) groups is 2. The van der Waals surface area contributed by atoms with Crippen LogP contribution in [-0.4, -0.2) is 16.9 Å². The van der Waals surface area contributed by atoms with E-state index in [2.05, 4.69) is 6.92 Å². The van der Waals surface area contributed by atoms with Gasteiger partial charge < -0.3 is 5.11 Å². The van der Waals surface area contributed by atoms with E-state index in [1.165, 1.54) is 32.1 Å². The highest BCUT2D eigenvalue weighted by atomic mass is 16.4. The maximum absolute atomic E-state index is 11.9. The van der Waals surface area contributed by atoms with Gasteiger partial charge in [0.2, 0.25) is 0 Å². The Bertz CT molecular complexity index is 438. The van der Waals surface area contributed by atoms with Gasteiger partial charge in [-0.25, -0.2) is 0 Å². The smallest absolute Gasteiger partial charge is 0.311 e. The topological polar surface area (TPSA) is 54.4 Å². The molecule has 3 heteroatoms. The van der Waals surface area contributed by atoms with Crippen LogP contribution in [0.1, 0.15) is 67.8 Å². The first-order valence-corrected chi connectivity index (χ1v) is 7.48. The van der Waals surface area contributed by atoms with E-state index in [0.717, 1.165) is 18.4 Å². The van der Waals surface area contributed by atoms with Crippen molar-refractivity contribution < 1.29 is 14.7 Å². The minimum absolute atomic E-state index is 0.293. The summed E-state index contributed by atoms with van der Waals surface area (Å²) in [6.45, 7) is 2.20. The molecule has 0 aliphatic rings. The van der Waals surface area contributed by atoms with Gasteiger partial charge in [-0.15, -0.1) is 0 Å². The molecule has 0 saturated heterocycles. The molecule has 0 amide bonds. The van der Waals surface area contributed by atoms with Crippen LogP contribution in [0.2, 0.25) is 0 Å². The summed E-state index contributed by atoms with van der Waals surface area (Å²) in [6, 6.07) is 7.36. The molecule has 0 unspecified atom stereocenters. The molecule has 0 aliphatic heterocycles. The number of aryl methyl sites for hydroxylation is 1. The largest absolute Gasteiger partial charge is 0.481 e.